The summed E-state index contributed by atoms with van der Waals surface area (Å²) in [5, 5.41) is 13.2. The van der Waals surface area contributed by atoms with E-state index in [9.17, 15) is 5.11 Å². The van der Waals surface area contributed by atoms with Crippen molar-refractivity contribution in [3.8, 4) is 0 Å². The number of hydrogen-bond donors (Lipinski definition) is 2. The highest BCUT2D eigenvalue weighted by atomic mass is 16.3. The number of rotatable bonds is 2. The maximum Gasteiger partial charge on any atom is 0.0632 e. The van der Waals surface area contributed by atoms with Gasteiger partial charge in [-0.3, -0.25) is 0 Å². The Balaban J connectivity index is 2.31. The molecule has 0 aliphatic carbocycles. The predicted octanol–water partition coefficient (Wildman–Crippen LogP) is 1.97. The van der Waals surface area contributed by atoms with Crippen LogP contribution in [0.15, 0.2) is 18.2 Å². The van der Waals surface area contributed by atoms with Crippen molar-refractivity contribution in [1.29, 1.82) is 0 Å². The predicted molar refractivity (Wildman–Crippen MR) is 58.6 cm³/mol. The lowest BCUT2D eigenvalue weighted by atomic mass is 9.96. The van der Waals surface area contributed by atoms with Crippen LogP contribution in [0.5, 0.6) is 0 Å². The van der Waals surface area contributed by atoms with Crippen LogP contribution in [0.4, 0.5) is 5.69 Å². The standard InChI is InChI=1S/C12H17NO/c1-12(2,14)8-10-5-3-4-9-6-7-13-11(9)10/h3-5,13-14H,6-8H2,1-2H3. The molecule has 2 N–H and O–H groups in total. The SMILES string of the molecule is CC(C)(O)Cc1cccc2c1NCC2. The van der Waals surface area contributed by atoms with Crippen LogP contribution in [0.25, 0.3) is 0 Å². The average molecular weight is 191 g/mol. The van der Waals surface area contributed by atoms with Crippen LogP contribution in [0.1, 0.15) is 25.0 Å². The lowest BCUT2D eigenvalue weighted by molar-refractivity contribution is 0.0811. The minimum Gasteiger partial charge on any atom is -0.390 e. The summed E-state index contributed by atoms with van der Waals surface area (Å²) in [7, 11) is 0. The fraction of sp³-hybridized carbons (Fsp3) is 0.500. The number of nitrogens with one attached hydrogen (secondary N) is 1. The molecule has 0 atom stereocenters. The molecular formula is C12H17NO. The van der Waals surface area contributed by atoms with Crippen molar-refractivity contribution in [3.05, 3.63) is 29.3 Å². The average Bonchev–Trinajstić information content (AvgIpc) is 2.49. The zero-order valence-electron chi connectivity index (χ0n) is 8.80. The van der Waals surface area contributed by atoms with Gasteiger partial charge in [0.15, 0.2) is 0 Å². The first kappa shape index (κ1) is 9.53. The molecule has 14 heavy (non-hydrogen) atoms. The van der Waals surface area contributed by atoms with Gasteiger partial charge >= 0.3 is 0 Å². The van der Waals surface area contributed by atoms with E-state index < -0.39 is 5.60 Å². The minimum atomic E-state index is -0.626. The van der Waals surface area contributed by atoms with Crippen molar-refractivity contribution in [2.24, 2.45) is 0 Å². The smallest absolute Gasteiger partial charge is 0.0632 e. The number of fused-ring (bicyclic) bond motifs is 1. The van der Waals surface area contributed by atoms with E-state index >= 15 is 0 Å². The first-order valence-corrected chi connectivity index (χ1v) is 5.13. The molecule has 0 spiro atoms. The Morgan fingerprint density at radius 2 is 2.21 bits per heavy atom. The fourth-order valence-electron chi connectivity index (χ4n) is 2.02. The number of benzene rings is 1. The van der Waals surface area contributed by atoms with Gasteiger partial charge in [-0.15, -0.1) is 0 Å². The first-order valence-electron chi connectivity index (χ1n) is 5.13. The highest BCUT2D eigenvalue weighted by molar-refractivity contribution is 5.61. The van der Waals surface area contributed by atoms with Gasteiger partial charge in [-0.25, -0.2) is 0 Å². The second-order valence-corrected chi connectivity index (χ2v) is 4.62. The maximum absolute atomic E-state index is 9.77. The maximum atomic E-state index is 9.77. The topological polar surface area (TPSA) is 32.3 Å². The van der Waals surface area contributed by atoms with E-state index in [4.69, 9.17) is 0 Å². The van der Waals surface area contributed by atoms with Gasteiger partial charge < -0.3 is 10.4 Å². The number of para-hydroxylation sites is 1. The van der Waals surface area contributed by atoms with Gasteiger partial charge in [0.25, 0.3) is 0 Å². The molecule has 0 saturated heterocycles. The normalized spacial score (nSPS) is 15.1. The summed E-state index contributed by atoms with van der Waals surface area (Å²) in [6, 6.07) is 6.32. The Bertz CT molecular complexity index is 339. The molecule has 1 heterocycles. The summed E-state index contributed by atoms with van der Waals surface area (Å²) in [6.07, 6.45) is 1.82. The van der Waals surface area contributed by atoms with E-state index in [2.05, 4.69) is 23.5 Å². The number of anilines is 1. The molecule has 2 nitrogen and oxygen atoms in total. The van der Waals surface area contributed by atoms with Gasteiger partial charge in [-0.05, 0) is 31.4 Å². The Kier molecular flexibility index (Phi) is 2.23. The van der Waals surface area contributed by atoms with E-state index in [-0.39, 0.29) is 0 Å². The molecule has 0 amide bonds. The van der Waals surface area contributed by atoms with E-state index in [1.54, 1.807) is 0 Å². The molecule has 0 bridgehead atoms. The molecule has 1 aliphatic rings. The monoisotopic (exact) mass is 191 g/mol. The van der Waals surface area contributed by atoms with Gasteiger partial charge in [-0.1, -0.05) is 18.2 Å². The zero-order valence-corrected chi connectivity index (χ0v) is 8.80. The summed E-state index contributed by atoms with van der Waals surface area (Å²) < 4.78 is 0. The second kappa shape index (κ2) is 3.28. The number of aliphatic hydroxyl groups is 1. The second-order valence-electron chi connectivity index (χ2n) is 4.62. The Morgan fingerprint density at radius 3 is 2.93 bits per heavy atom. The highest BCUT2D eigenvalue weighted by Gasteiger charge is 2.19. The third-order valence-corrected chi connectivity index (χ3v) is 2.56. The van der Waals surface area contributed by atoms with Crippen molar-refractivity contribution in [1.82, 2.24) is 0 Å². The van der Waals surface area contributed by atoms with E-state index in [1.807, 2.05) is 13.8 Å². The van der Waals surface area contributed by atoms with Crippen LogP contribution < -0.4 is 5.32 Å². The van der Waals surface area contributed by atoms with Crippen molar-refractivity contribution >= 4 is 5.69 Å². The van der Waals surface area contributed by atoms with Crippen molar-refractivity contribution in [2.75, 3.05) is 11.9 Å². The highest BCUT2D eigenvalue weighted by Crippen LogP contribution is 2.28. The van der Waals surface area contributed by atoms with E-state index in [1.165, 1.54) is 16.8 Å². The molecule has 76 valence electrons. The van der Waals surface area contributed by atoms with E-state index in [0.29, 0.717) is 6.42 Å². The Labute approximate surface area is 85.0 Å². The molecule has 0 aromatic heterocycles. The van der Waals surface area contributed by atoms with Crippen LogP contribution in [-0.2, 0) is 12.8 Å². The summed E-state index contributed by atoms with van der Waals surface area (Å²) in [5.74, 6) is 0. The van der Waals surface area contributed by atoms with Crippen molar-refractivity contribution in [2.45, 2.75) is 32.3 Å². The summed E-state index contributed by atoms with van der Waals surface area (Å²) in [5.41, 5.74) is 3.23. The minimum absolute atomic E-state index is 0.626. The molecular weight excluding hydrogens is 174 g/mol. The van der Waals surface area contributed by atoms with Crippen molar-refractivity contribution in [3.63, 3.8) is 0 Å². The third-order valence-electron chi connectivity index (χ3n) is 2.56. The molecule has 0 saturated carbocycles. The molecule has 0 radical (unpaired) electrons. The molecule has 1 aromatic rings. The van der Waals surface area contributed by atoms with Gasteiger partial charge in [0.05, 0.1) is 5.60 Å². The molecule has 2 rings (SSSR count). The largest absolute Gasteiger partial charge is 0.390 e. The lowest BCUT2D eigenvalue weighted by Gasteiger charge is -2.19. The van der Waals surface area contributed by atoms with Gasteiger partial charge in [0.2, 0.25) is 0 Å². The first-order chi connectivity index (χ1) is 6.56. The van der Waals surface area contributed by atoms with Gasteiger partial charge in [0.1, 0.15) is 0 Å². The van der Waals surface area contributed by atoms with Crippen LogP contribution >= 0.6 is 0 Å². The number of hydrogen-bond acceptors (Lipinski definition) is 2. The van der Waals surface area contributed by atoms with Crippen LogP contribution in [0.3, 0.4) is 0 Å². The van der Waals surface area contributed by atoms with Crippen molar-refractivity contribution < 1.29 is 5.11 Å². The van der Waals surface area contributed by atoms with Crippen LogP contribution in [0, 0.1) is 0 Å². The van der Waals surface area contributed by atoms with E-state index in [0.717, 1.165) is 13.0 Å². The Morgan fingerprint density at radius 1 is 1.43 bits per heavy atom. The third kappa shape index (κ3) is 1.90. The molecule has 0 unspecified atom stereocenters. The molecule has 1 aliphatic heterocycles. The molecule has 2 heteroatoms. The summed E-state index contributed by atoms with van der Waals surface area (Å²) in [6.45, 7) is 4.72. The molecule has 1 aromatic carbocycles. The summed E-state index contributed by atoms with van der Waals surface area (Å²) >= 11 is 0. The van der Waals surface area contributed by atoms with Gasteiger partial charge in [-0.2, -0.15) is 0 Å². The van der Waals surface area contributed by atoms with Crippen LogP contribution in [-0.4, -0.2) is 17.3 Å². The summed E-state index contributed by atoms with van der Waals surface area (Å²) in [4.78, 5) is 0. The van der Waals surface area contributed by atoms with Gasteiger partial charge in [0, 0.05) is 18.7 Å². The lowest BCUT2D eigenvalue weighted by Crippen LogP contribution is -2.22. The molecule has 0 fully saturated rings. The quantitative estimate of drug-likeness (QED) is 0.749. The zero-order chi connectivity index (χ0) is 10.2. The Hall–Kier alpha value is -1.02. The fourth-order valence-corrected chi connectivity index (χ4v) is 2.02. The van der Waals surface area contributed by atoms with Crippen LogP contribution in [0.2, 0.25) is 0 Å².